The molecule has 1 atom stereocenters. The molecule has 1 aliphatic heterocycles. The molecule has 1 aliphatic rings. The van der Waals surface area contributed by atoms with Gasteiger partial charge in [-0.05, 0) is 55.7 Å². The average Bonchev–Trinajstić information content (AvgIpc) is 2.82. The van der Waals surface area contributed by atoms with Gasteiger partial charge in [0.1, 0.15) is 12.4 Å². The smallest absolute Gasteiger partial charge is 0.255 e. The summed E-state index contributed by atoms with van der Waals surface area (Å²) >= 11 is 6.90. The summed E-state index contributed by atoms with van der Waals surface area (Å²) in [6, 6.07) is 19.5. The van der Waals surface area contributed by atoms with Crippen LogP contribution < -0.4 is 20.7 Å². The van der Waals surface area contributed by atoms with Crippen molar-refractivity contribution >= 4 is 55.0 Å². The molecule has 4 rings (SSSR count). The van der Waals surface area contributed by atoms with Crippen LogP contribution in [0.15, 0.2) is 69.6 Å². The number of nitrogens with zero attached hydrogens (tertiary/aromatic N) is 1. The number of rotatable bonds is 6. The third-order valence-electron chi connectivity index (χ3n) is 6.80. The number of carbonyl (C=O) groups excluding carboxylic acids is 2. The van der Waals surface area contributed by atoms with Crippen molar-refractivity contribution in [1.29, 1.82) is 0 Å². The van der Waals surface area contributed by atoms with Gasteiger partial charge in [0.05, 0.1) is 11.4 Å². The SMILES string of the molecule is CC(=O)N1c2cc(OCCN)c(NC(=O)c3cc(Br)cc(Br)c3)cc2C(C)(c2ccccc2)CC1(C)C. The molecule has 1 heterocycles. The Morgan fingerprint density at radius 1 is 1.03 bits per heavy atom. The van der Waals surface area contributed by atoms with Crippen LogP contribution in [0.2, 0.25) is 0 Å². The van der Waals surface area contributed by atoms with Gasteiger partial charge in [0.2, 0.25) is 5.91 Å². The zero-order valence-corrected chi connectivity index (χ0v) is 24.6. The van der Waals surface area contributed by atoms with E-state index in [9.17, 15) is 9.59 Å². The Hall–Kier alpha value is -2.68. The fraction of sp³-hybridized carbons (Fsp3) is 0.310. The highest BCUT2D eigenvalue weighted by Crippen LogP contribution is 2.53. The van der Waals surface area contributed by atoms with E-state index in [0.717, 1.165) is 25.8 Å². The van der Waals surface area contributed by atoms with Crippen molar-refractivity contribution in [3.05, 3.63) is 86.3 Å². The van der Waals surface area contributed by atoms with E-state index in [2.05, 4.69) is 70.1 Å². The van der Waals surface area contributed by atoms with Gasteiger partial charge >= 0.3 is 0 Å². The molecule has 6 nitrogen and oxygen atoms in total. The van der Waals surface area contributed by atoms with Crippen molar-refractivity contribution in [2.24, 2.45) is 5.73 Å². The molecule has 2 amide bonds. The van der Waals surface area contributed by atoms with Gasteiger partial charge in [0.25, 0.3) is 5.91 Å². The number of nitrogens with one attached hydrogen (secondary N) is 1. The lowest BCUT2D eigenvalue weighted by Crippen LogP contribution is -2.55. The number of amides is 2. The number of benzene rings is 3. The molecule has 0 spiro atoms. The maximum Gasteiger partial charge on any atom is 0.255 e. The number of carbonyl (C=O) groups is 2. The van der Waals surface area contributed by atoms with Gasteiger partial charge in [0, 0.05) is 45.0 Å². The Morgan fingerprint density at radius 2 is 1.68 bits per heavy atom. The molecule has 8 heteroatoms. The maximum atomic E-state index is 13.3. The van der Waals surface area contributed by atoms with Gasteiger partial charge in [0.15, 0.2) is 0 Å². The second-order valence-electron chi connectivity index (χ2n) is 10.2. The van der Waals surface area contributed by atoms with Crippen LogP contribution in [0.1, 0.15) is 55.6 Å². The zero-order chi connectivity index (χ0) is 27.0. The lowest BCUT2D eigenvalue weighted by Gasteiger charge is -2.51. The van der Waals surface area contributed by atoms with Crippen molar-refractivity contribution < 1.29 is 14.3 Å². The Morgan fingerprint density at radius 3 is 2.27 bits per heavy atom. The van der Waals surface area contributed by atoms with Crippen LogP contribution in [-0.2, 0) is 10.2 Å². The molecule has 0 saturated carbocycles. The fourth-order valence-corrected chi connectivity index (χ4v) is 6.78. The topological polar surface area (TPSA) is 84.7 Å². The molecular weight excluding hydrogens is 598 g/mol. The molecular formula is C29H31Br2N3O3. The molecule has 1 unspecified atom stereocenters. The van der Waals surface area contributed by atoms with Crippen LogP contribution in [0, 0.1) is 0 Å². The summed E-state index contributed by atoms with van der Waals surface area (Å²) in [6.45, 7) is 8.52. The molecule has 0 radical (unpaired) electrons. The van der Waals surface area contributed by atoms with E-state index in [-0.39, 0.29) is 18.4 Å². The Labute approximate surface area is 234 Å². The van der Waals surface area contributed by atoms with Gasteiger partial charge in [-0.25, -0.2) is 0 Å². The third-order valence-corrected chi connectivity index (χ3v) is 7.71. The summed E-state index contributed by atoms with van der Waals surface area (Å²) in [5.74, 6) is 0.133. The second-order valence-corrected chi connectivity index (χ2v) is 12.0. The van der Waals surface area contributed by atoms with Crippen molar-refractivity contribution in [3.63, 3.8) is 0 Å². The fourth-order valence-electron chi connectivity index (χ4n) is 5.49. The summed E-state index contributed by atoms with van der Waals surface area (Å²) in [7, 11) is 0. The number of ether oxygens (including phenoxy) is 1. The van der Waals surface area contributed by atoms with Crippen molar-refractivity contribution in [3.8, 4) is 5.75 Å². The number of halogens is 2. The number of fused-ring (bicyclic) bond motifs is 1. The minimum Gasteiger partial charge on any atom is -0.490 e. The minimum atomic E-state index is -0.456. The molecule has 3 N–H and O–H groups in total. The molecule has 3 aromatic rings. The third kappa shape index (κ3) is 5.47. The lowest BCUT2D eigenvalue weighted by molar-refractivity contribution is -0.117. The normalized spacial score (nSPS) is 18.2. The monoisotopic (exact) mass is 627 g/mol. The number of anilines is 2. The highest BCUT2D eigenvalue weighted by Gasteiger charge is 2.47. The first-order valence-electron chi connectivity index (χ1n) is 12.1. The predicted octanol–water partition coefficient (Wildman–Crippen LogP) is 6.64. The van der Waals surface area contributed by atoms with E-state index < -0.39 is 11.0 Å². The van der Waals surface area contributed by atoms with Gasteiger partial charge in [-0.15, -0.1) is 0 Å². The largest absolute Gasteiger partial charge is 0.490 e. The van der Waals surface area contributed by atoms with E-state index in [1.807, 2.05) is 41.3 Å². The van der Waals surface area contributed by atoms with Gasteiger partial charge in [-0.1, -0.05) is 69.1 Å². The molecule has 0 bridgehead atoms. The summed E-state index contributed by atoms with van der Waals surface area (Å²) in [5, 5.41) is 3.04. The van der Waals surface area contributed by atoms with E-state index in [4.69, 9.17) is 10.5 Å². The molecule has 3 aromatic carbocycles. The average molecular weight is 629 g/mol. The van der Waals surface area contributed by atoms with Crippen molar-refractivity contribution in [2.75, 3.05) is 23.4 Å². The predicted molar refractivity (Wildman–Crippen MR) is 156 cm³/mol. The lowest BCUT2D eigenvalue weighted by atomic mass is 9.65. The van der Waals surface area contributed by atoms with Crippen LogP contribution in [0.4, 0.5) is 11.4 Å². The number of hydrogen-bond acceptors (Lipinski definition) is 4. The molecule has 37 heavy (non-hydrogen) atoms. The summed E-state index contributed by atoms with van der Waals surface area (Å²) in [5.41, 5.74) is 8.73. The molecule has 194 valence electrons. The summed E-state index contributed by atoms with van der Waals surface area (Å²) < 4.78 is 7.58. The highest BCUT2D eigenvalue weighted by molar-refractivity contribution is 9.11. The van der Waals surface area contributed by atoms with Crippen LogP contribution >= 0.6 is 31.9 Å². The van der Waals surface area contributed by atoms with Crippen LogP contribution in [0.3, 0.4) is 0 Å². The first kappa shape index (κ1) is 27.4. The van der Waals surface area contributed by atoms with E-state index in [0.29, 0.717) is 30.0 Å². The first-order chi connectivity index (χ1) is 17.5. The first-order valence-corrected chi connectivity index (χ1v) is 13.7. The highest BCUT2D eigenvalue weighted by atomic mass is 79.9. The van der Waals surface area contributed by atoms with Crippen LogP contribution in [0.25, 0.3) is 0 Å². The second kappa shape index (κ2) is 10.6. The molecule has 0 aromatic heterocycles. The van der Waals surface area contributed by atoms with Crippen LogP contribution in [-0.4, -0.2) is 30.5 Å². The quantitative estimate of drug-likeness (QED) is 0.320. The Balaban J connectivity index is 1.92. The Bertz CT molecular complexity index is 1320. The standard InChI is InChI=1S/C29H31Br2N3O3/c1-18(35)34-25-16-26(37-11-10-32)24(33-27(36)19-12-21(30)14-22(31)13-19)15-23(25)29(4,17-28(34,2)3)20-8-6-5-7-9-20/h5-9,12-16H,10-11,17,32H2,1-4H3,(H,33,36). The maximum absolute atomic E-state index is 13.3. The molecule has 0 fully saturated rings. The molecule has 0 aliphatic carbocycles. The van der Waals surface area contributed by atoms with Crippen molar-refractivity contribution in [2.45, 2.75) is 45.1 Å². The number of hydrogen-bond donors (Lipinski definition) is 2. The minimum absolute atomic E-state index is 0.0538. The van der Waals surface area contributed by atoms with E-state index in [1.165, 1.54) is 0 Å². The van der Waals surface area contributed by atoms with Gasteiger partial charge in [-0.2, -0.15) is 0 Å². The van der Waals surface area contributed by atoms with E-state index >= 15 is 0 Å². The zero-order valence-electron chi connectivity index (χ0n) is 21.4. The van der Waals surface area contributed by atoms with Gasteiger partial charge in [-0.3, -0.25) is 9.59 Å². The summed E-state index contributed by atoms with van der Waals surface area (Å²) in [6.07, 6.45) is 0.700. The number of nitrogens with two attached hydrogens (primary N) is 1. The van der Waals surface area contributed by atoms with Gasteiger partial charge < -0.3 is 20.7 Å². The van der Waals surface area contributed by atoms with Crippen molar-refractivity contribution in [1.82, 2.24) is 0 Å². The van der Waals surface area contributed by atoms with Crippen LogP contribution in [0.5, 0.6) is 5.75 Å². The van der Waals surface area contributed by atoms with E-state index in [1.54, 1.807) is 19.1 Å². The summed E-state index contributed by atoms with van der Waals surface area (Å²) in [4.78, 5) is 28.1. The Kier molecular flexibility index (Phi) is 7.83. The molecule has 0 saturated heterocycles.